The number of anilines is 1. The largest absolute Gasteiger partial charge is 0.389 e. The predicted molar refractivity (Wildman–Crippen MR) is 125 cm³/mol. The lowest BCUT2D eigenvalue weighted by Crippen LogP contribution is -2.49. The summed E-state index contributed by atoms with van der Waals surface area (Å²) in [4.78, 5) is 4.70. The molecule has 1 heterocycles. The Balaban J connectivity index is 0.00000300. The maximum absolute atomic E-state index is 10.4. The highest BCUT2D eigenvalue weighted by atomic mass is 35.5. The van der Waals surface area contributed by atoms with E-state index in [1.165, 1.54) is 18.5 Å². The number of ether oxygens (including phenoxy) is 1. The van der Waals surface area contributed by atoms with E-state index in [2.05, 4.69) is 36.6 Å². The van der Waals surface area contributed by atoms with Crippen molar-refractivity contribution in [1.82, 2.24) is 4.90 Å². The number of hydrogen-bond donors (Lipinski definition) is 1. The van der Waals surface area contributed by atoms with Crippen molar-refractivity contribution < 1.29 is 9.84 Å². The fraction of sp³-hybridized carbons (Fsp3) is 0.739. The third kappa shape index (κ3) is 7.59. The topological polar surface area (TPSA) is 35.9 Å². The van der Waals surface area contributed by atoms with Gasteiger partial charge in [0.05, 0.1) is 18.8 Å². The molecule has 1 saturated heterocycles. The van der Waals surface area contributed by atoms with Gasteiger partial charge < -0.3 is 14.7 Å². The molecule has 0 bridgehead atoms. The van der Waals surface area contributed by atoms with E-state index in [-0.39, 0.29) is 12.4 Å². The molecule has 0 amide bonds. The van der Waals surface area contributed by atoms with Crippen LogP contribution in [0.3, 0.4) is 0 Å². The molecule has 3 rings (SSSR count). The molecule has 1 saturated carbocycles. The Hall–Kier alpha value is -0.520. The normalized spacial score (nSPS) is 24.8. The summed E-state index contributed by atoms with van der Waals surface area (Å²) in [6.07, 6.45) is 4.68. The van der Waals surface area contributed by atoms with Crippen LogP contribution in [0.4, 0.5) is 5.69 Å². The van der Waals surface area contributed by atoms with Crippen LogP contribution in [0.1, 0.15) is 46.5 Å². The summed E-state index contributed by atoms with van der Waals surface area (Å²) in [7, 11) is 0. The van der Waals surface area contributed by atoms with Crippen LogP contribution in [0.2, 0.25) is 5.02 Å². The zero-order valence-corrected chi connectivity index (χ0v) is 19.7. The van der Waals surface area contributed by atoms with E-state index in [9.17, 15) is 5.11 Å². The lowest BCUT2D eigenvalue weighted by atomic mass is 9.72. The molecule has 6 heteroatoms. The number of hydrogen-bond acceptors (Lipinski definition) is 4. The Morgan fingerprint density at radius 1 is 1.10 bits per heavy atom. The van der Waals surface area contributed by atoms with Crippen molar-refractivity contribution in [3.05, 3.63) is 29.3 Å². The van der Waals surface area contributed by atoms with Gasteiger partial charge in [0.2, 0.25) is 0 Å². The maximum Gasteiger partial charge on any atom is 0.0900 e. The first kappa shape index (κ1) is 24.7. The number of rotatable bonds is 6. The second-order valence-corrected chi connectivity index (χ2v) is 10.0. The standard InChI is InChI=1S/C23H37ClN2O2.ClH/c1-23(2,3)18-7-9-22(10-8-18)28-17-21(27)16-25-11-13-26(14-12-25)20-6-4-5-19(24)15-20;/h4-6,15,18,21-22,27H,7-14,16-17H2,1-3H3;1H. The minimum Gasteiger partial charge on any atom is -0.389 e. The highest BCUT2D eigenvalue weighted by Crippen LogP contribution is 2.38. The van der Waals surface area contributed by atoms with Gasteiger partial charge in [0.1, 0.15) is 0 Å². The van der Waals surface area contributed by atoms with Crippen LogP contribution < -0.4 is 4.90 Å². The lowest BCUT2D eigenvalue weighted by molar-refractivity contribution is -0.0446. The molecule has 2 fully saturated rings. The first-order chi connectivity index (χ1) is 13.3. The van der Waals surface area contributed by atoms with E-state index in [0.29, 0.717) is 24.7 Å². The van der Waals surface area contributed by atoms with E-state index >= 15 is 0 Å². The van der Waals surface area contributed by atoms with Crippen molar-refractivity contribution >= 4 is 29.7 Å². The smallest absolute Gasteiger partial charge is 0.0900 e. The Bertz CT molecular complexity index is 607. The number of nitrogens with zero attached hydrogens (tertiary/aromatic N) is 2. The molecule has 1 aliphatic carbocycles. The predicted octanol–water partition coefficient (Wildman–Crippen LogP) is 4.87. The second-order valence-electron chi connectivity index (χ2n) is 9.59. The van der Waals surface area contributed by atoms with Crippen molar-refractivity contribution in [3.63, 3.8) is 0 Å². The van der Waals surface area contributed by atoms with E-state index in [0.717, 1.165) is 50.0 Å². The highest BCUT2D eigenvalue weighted by molar-refractivity contribution is 6.30. The summed E-state index contributed by atoms with van der Waals surface area (Å²) < 4.78 is 6.05. The number of benzene rings is 1. The Morgan fingerprint density at radius 3 is 2.34 bits per heavy atom. The van der Waals surface area contributed by atoms with E-state index in [1.807, 2.05) is 18.2 Å². The number of aliphatic hydroxyl groups is 1. The Labute approximate surface area is 188 Å². The molecular formula is C23H38Cl2N2O2. The van der Waals surface area contributed by atoms with Gasteiger partial charge in [0, 0.05) is 43.4 Å². The van der Waals surface area contributed by atoms with E-state index < -0.39 is 6.10 Å². The van der Waals surface area contributed by atoms with E-state index in [1.54, 1.807) is 0 Å². The van der Waals surface area contributed by atoms with Crippen LogP contribution >= 0.6 is 24.0 Å². The Morgan fingerprint density at radius 2 is 1.76 bits per heavy atom. The first-order valence-corrected chi connectivity index (χ1v) is 11.2. The van der Waals surface area contributed by atoms with Gasteiger partial charge in [-0.2, -0.15) is 0 Å². The molecule has 1 N–H and O–H groups in total. The van der Waals surface area contributed by atoms with Crippen LogP contribution in [0.5, 0.6) is 0 Å². The van der Waals surface area contributed by atoms with Gasteiger partial charge in [-0.25, -0.2) is 0 Å². The fourth-order valence-corrected chi connectivity index (χ4v) is 4.74. The molecule has 29 heavy (non-hydrogen) atoms. The maximum atomic E-state index is 10.4. The summed E-state index contributed by atoms with van der Waals surface area (Å²) in [5.74, 6) is 0.799. The summed E-state index contributed by atoms with van der Waals surface area (Å²) in [5, 5.41) is 11.2. The number of halogens is 2. The van der Waals surface area contributed by atoms with Crippen LogP contribution in [-0.2, 0) is 4.74 Å². The van der Waals surface area contributed by atoms with Gasteiger partial charge in [-0.15, -0.1) is 12.4 Å². The fourth-order valence-electron chi connectivity index (χ4n) is 4.55. The molecule has 1 unspecified atom stereocenters. The lowest BCUT2D eigenvalue weighted by Gasteiger charge is -2.38. The molecule has 1 aromatic carbocycles. The molecule has 0 spiro atoms. The van der Waals surface area contributed by atoms with Crippen molar-refractivity contribution in [2.75, 3.05) is 44.2 Å². The van der Waals surface area contributed by atoms with Gasteiger partial charge in [0.25, 0.3) is 0 Å². The average Bonchev–Trinajstić information content (AvgIpc) is 2.67. The zero-order valence-electron chi connectivity index (χ0n) is 18.1. The number of aliphatic hydroxyl groups excluding tert-OH is 1. The monoisotopic (exact) mass is 444 g/mol. The van der Waals surface area contributed by atoms with E-state index in [4.69, 9.17) is 16.3 Å². The molecule has 2 aliphatic rings. The first-order valence-electron chi connectivity index (χ1n) is 10.8. The van der Waals surface area contributed by atoms with Gasteiger partial charge in [-0.3, -0.25) is 4.90 Å². The van der Waals surface area contributed by atoms with Crippen LogP contribution in [0.25, 0.3) is 0 Å². The Kier molecular flexibility index (Phi) is 9.56. The molecular weight excluding hydrogens is 407 g/mol. The molecule has 4 nitrogen and oxygen atoms in total. The summed E-state index contributed by atoms with van der Waals surface area (Å²) in [6, 6.07) is 8.04. The van der Waals surface area contributed by atoms with Crippen LogP contribution in [-0.4, -0.2) is 61.5 Å². The minimum absolute atomic E-state index is 0. The zero-order chi connectivity index (χ0) is 20.1. The number of piperazine rings is 1. The molecule has 1 aliphatic heterocycles. The van der Waals surface area contributed by atoms with Crippen LogP contribution in [0.15, 0.2) is 24.3 Å². The SMILES string of the molecule is CC(C)(C)C1CCC(OCC(O)CN2CCN(c3cccc(Cl)c3)CC2)CC1.Cl. The van der Waals surface area contributed by atoms with Gasteiger partial charge in [0.15, 0.2) is 0 Å². The minimum atomic E-state index is -0.405. The molecule has 0 aromatic heterocycles. The van der Waals surface area contributed by atoms with Gasteiger partial charge in [-0.1, -0.05) is 38.4 Å². The number of β-amino-alcohol motifs (C(OH)–C–C–N with tert-alkyl or cyclic N) is 1. The quantitative estimate of drug-likeness (QED) is 0.678. The van der Waals surface area contributed by atoms with Crippen molar-refractivity contribution in [2.45, 2.75) is 58.7 Å². The summed E-state index contributed by atoms with van der Waals surface area (Å²) in [6.45, 7) is 12.0. The summed E-state index contributed by atoms with van der Waals surface area (Å²) in [5.41, 5.74) is 1.58. The molecule has 1 aromatic rings. The third-order valence-corrected chi connectivity index (χ3v) is 6.67. The van der Waals surface area contributed by atoms with Crippen LogP contribution in [0, 0.1) is 11.3 Å². The van der Waals surface area contributed by atoms with Gasteiger partial charge in [-0.05, 0) is 55.2 Å². The van der Waals surface area contributed by atoms with Crippen molar-refractivity contribution in [2.24, 2.45) is 11.3 Å². The average molecular weight is 445 g/mol. The molecule has 1 atom stereocenters. The second kappa shape index (κ2) is 11.2. The van der Waals surface area contributed by atoms with Crippen molar-refractivity contribution in [1.29, 1.82) is 0 Å². The third-order valence-electron chi connectivity index (χ3n) is 6.44. The van der Waals surface area contributed by atoms with Gasteiger partial charge >= 0.3 is 0 Å². The molecule has 166 valence electrons. The highest BCUT2D eigenvalue weighted by Gasteiger charge is 2.30. The van der Waals surface area contributed by atoms with Crippen molar-refractivity contribution in [3.8, 4) is 0 Å². The summed E-state index contributed by atoms with van der Waals surface area (Å²) >= 11 is 6.11. The molecule has 0 radical (unpaired) electrons.